The summed E-state index contributed by atoms with van der Waals surface area (Å²) in [6, 6.07) is 6.67. The first kappa shape index (κ1) is 17.8. The Hall–Kier alpha value is -3.01. The number of rotatable bonds is 5. The van der Waals surface area contributed by atoms with Crippen molar-refractivity contribution in [3.8, 4) is 11.5 Å². The zero-order chi connectivity index (χ0) is 18.7. The number of carbonyl (C=O) groups excluding carboxylic acids is 1. The van der Waals surface area contributed by atoms with Gasteiger partial charge in [0.05, 0.1) is 17.5 Å². The molecule has 0 aliphatic carbocycles. The molecule has 3 aromatic rings. The third-order valence-electron chi connectivity index (χ3n) is 3.44. The molecule has 3 rings (SSSR count). The molecule has 0 radical (unpaired) electrons. The van der Waals surface area contributed by atoms with Gasteiger partial charge < -0.3 is 4.42 Å². The minimum Gasteiger partial charge on any atom is -0.415 e. The minimum atomic E-state index is -2.81. The van der Waals surface area contributed by atoms with Crippen LogP contribution in [0.5, 0.6) is 0 Å². The number of benzene rings is 1. The molecule has 134 valence electrons. The monoisotopic (exact) mass is 377 g/mol. The number of aryl methyl sites for hydroxylation is 1. The molecule has 2 heterocycles. The molecule has 0 unspecified atom stereocenters. The molecular weight excluding hydrogens is 364 g/mol. The normalized spacial score (nSPS) is 11.4. The van der Waals surface area contributed by atoms with E-state index in [-0.39, 0.29) is 11.8 Å². The van der Waals surface area contributed by atoms with Crippen LogP contribution < -0.4 is 0 Å². The molecule has 1 aromatic carbocycles. The second-order valence-corrected chi connectivity index (χ2v) is 5.88. The van der Waals surface area contributed by atoms with Gasteiger partial charge in [-0.25, -0.2) is 5.01 Å². The smallest absolute Gasteiger partial charge is 0.314 e. The number of hydrogen-bond acceptors (Lipinski definition) is 7. The van der Waals surface area contributed by atoms with Crippen LogP contribution >= 0.6 is 11.5 Å². The molecule has 0 aliphatic rings. The summed E-state index contributed by atoms with van der Waals surface area (Å²) in [6.07, 6.45) is -1.30. The number of hydrogen-bond donors (Lipinski definition) is 0. The van der Waals surface area contributed by atoms with Gasteiger partial charge >= 0.3 is 6.43 Å². The number of halogens is 2. The van der Waals surface area contributed by atoms with E-state index in [0.717, 1.165) is 0 Å². The van der Waals surface area contributed by atoms with Crippen LogP contribution in [0.15, 0.2) is 39.2 Å². The Bertz CT molecular complexity index is 936. The summed E-state index contributed by atoms with van der Waals surface area (Å²) < 4.78 is 33.9. The van der Waals surface area contributed by atoms with Crippen LogP contribution in [0.25, 0.3) is 11.5 Å². The molecule has 0 spiro atoms. The summed E-state index contributed by atoms with van der Waals surface area (Å²) in [7, 11) is 1.55. The van der Waals surface area contributed by atoms with Crippen molar-refractivity contribution >= 4 is 23.7 Å². The average Bonchev–Trinajstić information content (AvgIpc) is 3.28. The summed E-state index contributed by atoms with van der Waals surface area (Å²) in [4.78, 5) is 12.2. The van der Waals surface area contributed by atoms with E-state index in [1.54, 1.807) is 43.6 Å². The summed E-state index contributed by atoms with van der Waals surface area (Å²) in [5, 5.41) is 13.9. The molecule has 26 heavy (non-hydrogen) atoms. The summed E-state index contributed by atoms with van der Waals surface area (Å²) in [5.41, 5.74) is 2.39. The first-order valence-corrected chi connectivity index (χ1v) is 8.24. The van der Waals surface area contributed by atoms with E-state index in [1.165, 1.54) is 22.8 Å². The fourth-order valence-electron chi connectivity index (χ4n) is 2.03. The Labute approximate surface area is 151 Å². The van der Waals surface area contributed by atoms with Gasteiger partial charge in [0, 0.05) is 18.0 Å². The SMILES string of the molecule is Cc1nscc1C(=O)N(C)/N=C/c1ccc(-c2nnc(C(F)F)o2)cc1. The van der Waals surface area contributed by atoms with E-state index < -0.39 is 12.3 Å². The van der Waals surface area contributed by atoms with Gasteiger partial charge in [-0.1, -0.05) is 12.1 Å². The van der Waals surface area contributed by atoms with Crippen molar-refractivity contribution in [3.05, 3.63) is 52.4 Å². The average molecular weight is 377 g/mol. The lowest BCUT2D eigenvalue weighted by Crippen LogP contribution is -2.21. The third-order valence-corrected chi connectivity index (χ3v) is 4.16. The number of hydrazone groups is 1. The molecule has 0 saturated heterocycles. The minimum absolute atomic E-state index is 0.0107. The molecule has 0 bridgehead atoms. The third kappa shape index (κ3) is 3.80. The zero-order valence-electron chi connectivity index (χ0n) is 13.8. The van der Waals surface area contributed by atoms with Crippen LogP contribution in [0.2, 0.25) is 0 Å². The Balaban J connectivity index is 1.69. The molecule has 10 heteroatoms. The molecule has 0 saturated carbocycles. The van der Waals surface area contributed by atoms with Gasteiger partial charge in [-0.2, -0.15) is 18.3 Å². The number of carbonyl (C=O) groups is 1. The standard InChI is InChI=1S/C16H13F2N5O2S/c1-9-12(8-26-22-9)16(24)23(2)19-7-10-3-5-11(6-4-10)14-20-21-15(25-14)13(17)18/h3-8,13H,1-2H3/b19-7+. The van der Waals surface area contributed by atoms with Crippen molar-refractivity contribution in [1.82, 2.24) is 19.6 Å². The maximum absolute atomic E-state index is 12.5. The predicted octanol–water partition coefficient (Wildman–Crippen LogP) is 3.55. The first-order valence-electron chi connectivity index (χ1n) is 7.40. The van der Waals surface area contributed by atoms with Gasteiger partial charge in [-0.15, -0.1) is 10.2 Å². The zero-order valence-corrected chi connectivity index (χ0v) is 14.6. The van der Waals surface area contributed by atoms with Crippen LogP contribution in [0.4, 0.5) is 8.78 Å². The summed E-state index contributed by atoms with van der Waals surface area (Å²) in [6.45, 7) is 1.76. The summed E-state index contributed by atoms with van der Waals surface area (Å²) in [5.74, 6) is -0.963. The predicted molar refractivity (Wildman–Crippen MR) is 91.2 cm³/mol. The number of alkyl halides is 2. The molecule has 0 atom stereocenters. The van der Waals surface area contributed by atoms with E-state index in [9.17, 15) is 13.6 Å². The largest absolute Gasteiger partial charge is 0.415 e. The van der Waals surface area contributed by atoms with Gasteiger partial charge in [0.2, 0.25) is 5.89 Å². The quantitative estimate of drug-likeness (QED) is 0.501. The van der Waals surface area contributed by atoms with Crippen molar-refractivity contribution in [1.29, 1.82) is 0 Å². The van der Waals surface area contributed by atoms with E-state index in [4.69, 9.17) is 4.42 Å². The van der Waals surface area contributed by atoms with Gasteiger partial charge in [0.1, 0.15) is 0 Å². The number of amides is 1. The molecular formula is C16H13F2N5O2S. The first-order chi connectivity index (χ1) is 12.5. The van der Waals surface area contributed by atoms with Crippen LogP contribution in [0, 0.1) is 6.92 Å². The Morgan fingerprint density at radius 3 is 2.62 bits per heavy atom. The highest BCUT2D eigenvalue weighted by atomic mass is 32.1. The van der Waals surface area contributed by atoms with Crippen molar-refractivity contribution in [2.75, 3.05) is 7.05 Å². The van der Waals surface area contributed by atoms with Crippen molar-refractivity contribution in [3.63, 3.8) is 0 Å². The fraction of sp³-hybridized carbons (Fsp3) is 0.188. The molecule has 1 amide bonds. The highest BCUT2D eigenvalue weighted by Crippen LogP contribution is 2.23. The van der Waals surface area contributed by atoms with Crippen LogP contribution in [0.1, 0.15) is 33.9 Å². The maximum Gasteiger partial charge on any atom is 0.314 e. The summed E-state index contributed by atoms with van der Waals surface area (Å²) >= 11 is 1.21. The molecule has 0 N–H and O–H groups in total. The van der Waals surface area contributed by atoms with E-state index in [2.05, 4.69) is 19.7 Å². The lowest BCUT2D eigenvalue weighted by molar-refractivity contribution is 0.0800. The topological polar surface area (TPSA) is 84.5 Å². The van der Waals surface area contributed by atoms with Crippen molar-refractivity contribution < 1.29 is 18.0 Å². The van der Waals surface area contributed by atoms with Crippen LogP contribution in [-0.2, 0) is 0 Å². The Morgan fingerprint density at radius 2 is 2.04 bits per heavy atom. The van der Waals surface area contributed by atoms with Gasteiger partial charge in [-0.3, -0.25) is 4.79 Å². The van der Waals surface area contributed by atoms with Gasteiger partial charge in [0.25, 0.3) is 11.8 Å². The fourth-order valence-corrected chi connectivity index (χ4v) is 2.71. The van der Waals surface area contributed by atoms with E-state index in [0.29, 0.717) is 22.4 Å². The Morgan fingerprint density at radius 1 is 1.31 bits per heavy atom. The molecule has 7 nitrogen and oxygen atoms in total. The number of aromatic nitrogens is 3. The van der Waals surface area contributed by atoms with Gasteiger partial charge in [0.15, 0.2) is 0 Å². The highest BCUT2D eigenvalue weighted by Gasteiger charge is 2.17. The molecule has 0 fully saturated rings. The second kappa shape index (κ2) is 7.48. The lowest BCUT2D eigenvalue weighted by Gasteiger charge is -2.09. The highest BCUT2D eigenvalue weighted by molar-refractivity contribution is 7.03. The van der Waals surface area contributed by atoms with Crippen LogP contribution in [-0.4, -0.2) is 38.7 Å². The van der Waals surface area contributed by atoms with Crippen molar-refractivity contribution in [2.24, 2.45) is 5.10 Å². The van der Waals surface area contributed by atoms with Gasteiger partial charge in [-0.05, 0) is 36.2 Å². The molecule has 0 aliphatic heterocycles. The number of nitrogens with zero attached hydrogens (tertiary/aromatic N) is 5. The second-order valence-electron chi connectivity index (χ2n) is 5.26. The van der Waals surface area contributed by atoms with E-state index >= 15 is 0 Å². The van der Waals surface area contributed by atoms with Crippen molar-refractivity contribution in [2.45, 2.75) is 13.3 Å². The lowest BCUT2D eigenvalue weighted by atomic mass is 10.1. The maximum atomic E-state index is 12.5. The Kier molecular flexibility index (Phi) is 5.12. The van der Waals surface area contributed by atoms with E-state index in [1.807, 2.05) is 0 Å². The molecule has 2 aromatic heterocycles. The van der Waals surface area contributed by atoms with Crippen LogP contribution in [0.3, 0.4) is 0 Å².